The molecule has 6 heteroatoms. The number of aromatic nitrogens is 2. The highest BCUT2D eigenvalue weighted by Gasteiger charge is 2.04. The first-order valence-corrected chi connectivity index (χ1v) is 6.33. The zero-order chi connectivity index (χ0) is 14.5. The van der Waals surface area contributed by atoms with Gasteiger partial charge in [0.2, 0.25) is 0 Å². The number of nitro benzene ring substituents is 1. The van der Waals surface area contributed by atoms with E-state index in [2.05, 4.69) is 15.3 Å². The van der Waals surface area contributed by atoms with E-state index in [-0.39, 0.29) is 5.69 Å². The second-order valence-corrected chi connectivity index (χ2v) is 4.53. The molecular weight excluding hydrogens is 256 g/mol. The van der Waals surface area contributed by atoms with Crippen molar-refractivity contribution in [3.63, 3.8) is 0 Å². The number of anilines is 1. The van der Waals surface area contributed by atoms with Gasteiger partial charge in [0, 0.05) is 18.7 Å². The number of nitrogens with one attached hydrogen (secondary N) is 1. The van der Waals surface area contributed by atoms with Crippen LogP contribution in [-0.2, 0) is 6.42 Å². The normalized spacial score (nSPS) is 10.3. The molecule has 1 heterocycles. The van der Waals surface area contributed by atoms with Gasteiger partial charge in [-0.2, -0.15) is 0 Å². The summed E-state index contributed by atoms with van der Waals surface area (Å²) >= 11 is 0. The molecule has 2 aromatic rings. The van der Waals surface area contributed by atoms with Gasteiger partial charge in [-0.3, -0.25) is 15.1 Å². The van der Waals surface area contributed by atoms with Crippen LogP contribution in [0.2, 0.25) is 0 Å². The van der Waals surface area contributed by atoms with Crippen LogP contribution in [0.25, 0.3) is 0 Å². The topological polar surface area (TPSA) is 81.0 Å². The van der Waals surface area contributed by atoms with E-state index in [1.165, 1.54) is 12.1 Å². The molecule has 0 aliphatic rings. The van der Waals surface area contributed by atoms with Crippen molar-refractivity contribution in [1.29, 1.82) is 0 Å². The van der Waals surface area contributed by atoms with Gasteiger partial charge < -0.3 is 5.32 Å². The number of non-ortho nitro benzene ring substituents is 1. The van der Waals surface area contributed by atoms with Crippen molar-refractivity contribution in [2.24, 2.45) is 0 Å². The van der Waals surface area contributed by atoms with Gasteiger partial charge in [0.05, 0.1) is 22.5 Å². The van der Waals surface area contributed by atoms with Crippen LogP contribution in [0.1, 0.15) is 17.0 Å². The fraction of sp³-hybridized carbons (Fsp3) is 0.286. The molecule has 2 rings (SSSR count). The summed E-state index contributed by atoms with van der Waals surface area (Å²) in [7, 11) is 0. The molecule has 0 saturated carbocycles. The second-order valence-electron chi connectivity index (χ2n) is 4.53. The Morgan fingerprint density at radius 2 is 1.90 bits per heavy atom. The molecule has 6 nitrogen and oxygen atoms in total. The molecule has 0 atom stereocenters. The van der Waals surface area contributed by atoms with Crippen LogP contribution in [0, 0.1) is 24.0 Å². The lowest BCUT2D eigenvalue weighted by Gasteiger charge is -2.07. The smallest absolute Gasteiger partial charge is 0.269 e. The highest BCUT2D eigenvalue weighted by Crippen LogP contribution is 2.12. The van der Waals surface area contributed by atoms with Crippen LogP contribution >= 0.6 is 0 Å². The summed E-state index contributed by atoms with van der Waals surface area (Å²) in [4.78, 5) is 18.8. The van der Waals surface area contributed by atoms with Gasteiger partial charge in [-0.05, 0) is 25.8 Å². The lowest BCUT2D eigenvalue weighted by molar-refractivity contribution is -0.384. The third kappa shape index (κ3) is 3.50. The molecule has 0 spiro atoms. The zero-order valence-electron chi connectivity index (χ0n) is 11.5. The highest BCUT2D eigenvalue weighted by atomic mass is 16.6. The Bertz CT molecular complexity index is 611. The average molecular weight is 272 g/mol. The maximum absolute atomic E-state index is 10.5. The monoisotopic (exact) mass is 272 g/mol. The summed E-state index contributed by atoms with van der Waals surface area (Å²) in [6, 6.07) is 6.58. The number of rotatable bonds is 5. The molecule has 1 N–H and O–H groups in total. The van der Waals surface area contributed by atoms with E-state index in [0.717, 1.165) is 29.2 Å². The Balaban J connectivity index is 1.89. The molecule has 0 aliphatic heterocycles. The predicted molar refractivity (Wildman–Crippen MR) is 76.8 cm³/mol. The minimum absolute atomic E-state index is 0.113. The lowest BCUT2D eigenvalue weighted by atomic mass is 10.1. The van der Waals surface area contributed by atoms with E-state index in [1.54, 1.807) is 18.3 Å². The standard InChI is InChI=1S/C14H16N4O2/c1-10-11(2)17-14(9-16-10)15-8-7-12-3-5-13(6-4-12)18(19)20/h3-6,9H,7-8H2,1-2H3,(H,15,17). The Morgan fingerprint density at radius 1 is 1.20 bits per heavy atom. The van der Waals surface area contributed by atoms with Crippen molar-refractivity contribution >= 4 is 11.5 Å². The third-order valence-electron chi connectivity index (χ3n) is 3.06. The van der Waals surface area contributed by atoms with Crippen molar-refractivity contribution in [2.45, 2.75) is 20.3 Å². The molecule has 1 aromatic carbocycles. The van der Waals surface area contributed by atoms with Crippen molar-refractivity contribution in [2.75, 3.05) is 11.9 Å². The summed E-state index contributed by atoms with van der Waals surface area (Å²) in [6.07, 6.45) is 2.48. The predicted octanol–water partition coefficient (Wildman–Crippen LogP) is 2.66. The van der Waals surface area contributed by atoms with Crippen LogP contribution < -0.4 is 5.32 Å². The molecule has 0 aliphatic carbocycles. The minimum atomic E-state index is -0.396. The lowest BCUT2D eigenvalue weighted by Crippen LogP contribution is -2.07. The van der Waals surface area contributed by atoms with E-state index in [0.29, 0.717) is 6.54 Å². The van der Waals surface area contributed by atoms with E-state index in [1.807, 2.05) is 13.8 Å². The molecule has 0 unspecified atom stereocenters. The van der Waals surface area contributed by atoms with Crippen LogP contribution in [0.3, 0.4) is 0 Å². The van der Waals surface area contributed by atoms with Crippen LogP contribution in [0.4, 0.5) is 11.5 Å². The second kappa shape index (κ2) is 6.10. The molecule has 0 bridgehead atoms. The van der Waals surface area contributed by atoms with Crippen LogP contribution in [-0.4, -0.2) is 21.4 Å². The Hall–Kier alpha value is -2.50. The number of hydrogen-bond donors (Lipinski definition) is 1. The highest BCUT2D eigenvalue weighted by molar-refractivity contribution is 5.35. The first-order valence-electron chi connectivity index (χ1n) is 6.33. The fourth-order valence-electron chi connectivity index (χ4n) is 1.75. The molecule has 0 fully saturated rings. The van der Waals surface area contributed by atoms with E-state index in [9.17, 15) is 10.1 Å². The Labute approximate surface area is 117 Å². The molecule has 0 saturated heterocycles. The summed E-state index contributed by atoms with van der Waals surface area (Å²) in [5.74, 6) is 0.745. The van der Waals surface area contributed by atoms with Gasteiger partial charge in [-0.1, -0.05) is 12.1 Å². The maximum atomic E-state index is 10.5. The Kier molecular flexibility index (Phi) is 4.24. The number of hydrogen-bond acceptors (Lipinski definition) is 5. The van der Waals surface area contributed by atoms with Crippen LogP contribution in [0.15, 0.2) is 30.5 Å². The Morgan fingerprint density at radius 3 is 2.50 bits per heavy atom. The molecular formula is C14H16N4O2. The average Bonchev–Trinajstić information content (AvgIpc) is 2.43. The van der Waals surface area contributed by atoms with Crippen LogP contribution in [0.5, 0.6) is 0 Å². The van der Waals surface area contributed by atoms with E-state index in [4.69, 9.17) is 0 Å². The fourth-order valence-corrected chi connectivity index (χ4v) is 1.75. The molecule has 1 aromatic heterocycles. The summed E-state index contributed by atoms with van der Waals surface area (Å²) in [6.45, 7) is 4.54. The largest absolute Gasteiger partial charge is 0.368 e. The van der Waals surface area contributed by atoms with Crippen molar-refractivity contribution in [3.05, 3.63) is 57.5 Å². The first-order chi connectivity index (χ1) is 9.56. The van der Waals surface area contributed by atoms with Crippen molar-refractivity contribution in [1.82, 2.24) is 9.97 Å². The number of nitro groups is 1. The summed E-state index contributed by atoms with van der Waals surface area (Å²) in [5.41, 5.74) is 2.98. The van der Waals surface area contributed by atoms with Gasteiger partial charge in [-0.15, -0.1) is 0 Å². The zero-order valence-corrected chi connectivity index (χ0v) is 11.5. The maximum Gasteiger partial charge on any atom is 0.269 e. The van der Waals surface area contributed by atoms with Gasteiger partial charge in [0.25, 0.3) is 5.69 Å². The quantitative estimate of drug-likeness (QED) is 0.668. The number of nitrogens with zero attached hydrogens (tertiary/aromatic N) is 3. The third-order valence-corrected chi connectivity index (χ3v) is 3.06. The number of benzene rings is 1. The summed E-state index contributed by atoms with van der Waals surface area (Å²) < 4.78 is 0. The summed E-state index contributed by atoms with van der Waals surface area (Å²) in [5, 5.41) is 13.7. The molecule has 0 amide bonds. The minimum Gasteiger partial charge on any atom is -0.368 e. The van der Waals surface area contributed by atoms with Gasteiger partial charge in [0.1, 0.15) is 5.82 Å². The first kappa shape index (κ1) is 13.9. The molecule has 20 heavy (non-hydrogen) atoms. The van der Waals surface area contributed by atoms with E-state index < -0.39 is 4.92 Å². The van der Waals surface area contributed by atoms with Gasteiger partial charge in [0.15, 0.2) is 0 Å². The molecule has 104 valence electrons. The number of aryl methyl sites for hydroxylation is 2. The molecule has 0 radical (unpaired) electrons. The SMILES string of the molecule is Cc1ncc(NCCc2ccc([N+](=O)[O-])cc2)nc1C. The van der Waals surface area contributed by atoms with Crippen molar-refractivity contribution < 1.29 is 4.92 Å². The van der Waals surface area contributed by atoms with E-state index >= 15 is 0 Å². The van der Waals surface area contributed by atoms with Gasteiger partial charge >= 0.3 is 0 Å². The van der Waals surface area contributed by atoms with Gasteiger partial charge in [-0.25, -0.2) is 4.98 Å². The van der Waals surface area contributed by atoms with Crippen molar-refractivity contribution in [3.8, 4) is 0 Å².